The molecule has 5 nitrogen and oxygen atoms in total. The van der Waals surface area contributed by atoms with E-state index in [0.717, 1.165) is 35.4 Å². The second-order valence-corrected chi connectivity index (χ2v) is 5.70. The molecule has 1 aromatic heterocycles. The molecular formula is C15H20N4OS. The Morgan fingerprint density at radius 1 is 1.38 bits per heavy atom. The molecule has 0 saturated heterocycles. The number of nitrogens with two attached hydrogens (primary N) is 1. The van der Waals surface area contributed by atoms with Crippen molar-refractivity contribution in [1.82, 2.24) is 9.99 Å². The zero-order valence-corrected chi connectivity index (χ0v) is 13.1. The van der Waals surface area contributed by atoms with E-state index in [1.54, 1.807) is 0 Å². The molecule has 0 unspecified atom stereocenters. The van der Waals surface area contributed by atoms with Gasteiger partial charge in [-0.15, -0.1) is 16.4 Å². The van der Waals surface area contributed by atoms with Crippen molar-refractivity contribution < 1.29 is 4.79 Å². The molecule has 0 saturated carbocycles. The van der Waals surface area contributed by atoms with Crippen LogP contribution < -0.4 is 16.0 Å². The van der Waals surface area contributed by atoms with E-state index >= 15 is 0 Å². The summed E-state index contributed by atoms with van der Waals surface area (Å²) in [6.45, 7) is 5.08. The molecule has 0 atom stereocenters. The van der Waals surface area contributed by atoms with Gasteiger partial charge in [0.1, 0.15) is 0 Å². The fourth-order valence-corrected chi connectivity index (χ4v) is 2.90. The minimum Gasteiger partial charge on any atom is -0.350 e. The Bertz CT molecular complexity index is 670. The zero-order valence-electron chi connectivity index (χ0n) is 12.3. The molecule has 1 aromatic carbocycles. The van der Waals surface area contributed by atoms with E-state index < -0.39 is 6.03 Å². The number of carbonyl (C=O) groups is 1. The van der Waals surface area contributed by atoms with Gasteiger partial charge in [-0.05, 0) is 18.9 Å². The first kappa shape index (κ1) is 15.3. The van der Waals surface area contributed by atoms with Gasteiger partial charge in [-0.2, -0.15) is 0 Å². The summed E-state index contributed by atoms with van der Waals surface area (Å²) in [5.74, 6) is 0. The number of primary amides is 1. The van der Waals surface area contributed by atoms with E-state index in [1.165, 1.54) is 16.9 Å². The Morgan fingerprint density at radius 2 is 2.10 bits per heavy atom. The molecule has 0 spiro atoms. The van der Waals surface area contributed by atoms with Crippen LogP contribution in [0.5, 0.6) is 0 Å². The highest BCUT2D eigenvalue weighted by atomic mass is 32.1. The number of aryl methyl sites for hydroxylation is 1. The molecule has 0 bridgehead atoms. The molecule has 0 fully saturated rings. The number of unbranched alkanes of at least 4 members (excludes halogenated alkanes) is 1. The lowest BCUT2D eigenvalue weighted by atomic mass is 10.1. The summed E-state index contributed by atoms with van der Waals surface area (Å²) in [7, 11) is 0. The van der Waals surface area contributed by atoms with E-state index in [-0.39, 0.29) is 0 Å². The number of nitrogens with zero attached hydrogens (tertiary/aromatic N) is 2. The summed E-state index contributed by atoms with van der Waals surface area (Å²) >= 11 is 1.49. The third kappa shape index (κ3) is 3.95. The maximum atomic E-state index is 10.8. The van der Waals surface area contributed by atoms with E-state index in [2.05, 4.69) is 58.6 Å². The predicted octanol–water partition coefficient (Wildman–Crippen LogP) is 2.81. The summed E-state index contributed by atoms with van der Waals surface area (Å²) in [4.78, 5) is 11.6. The summed E-state index contributed by atoms with van der Waals surface area (Å²) in [6.07, 6.45) is 2.15. The molecule has 21 heavy (non-hydrogen) atoms. The Hall–Kier alpha value is -2.08. The fourth-order valence-electron chi connectivity index (χ4n) is 2.01. The van der Waals surface area contributed by atoms with Crippen LogP contribution in [0.1, 0.15) is 25.3 Å². The third-order valence-corrected chi connectivity index (χ3v) is 4.01. The van der Waals surface area contributed by atoms with E-state index in [0.29, 0.717) is 0 Å². The quantitative estimate of drug-likeness (QED) is 0.819. The Labute approximate surface area is 128 Å². The standard InChI is InChI=1S/C15H20N4OS/c1-3-4-9-19-13(12-7-5-11(2)6-8-12)10-21-15(19)18-17-14(16)20/h5-8,10H,3-4,9H2,1-2H3,(H3,16,17,20)/b18-15-. The van der Waals surface area contributed by atoms with E-state index in [4.69, 9.17) is 5.73 Å². The number of aromatic nitrogens is 1. The number of urea groups is 1. The Balaban J connectivity index is 2.43. The van der Waals surface area contributed by atoms with Crippen molar-refractivity contribution in [2.45, 2.75) is 33.2 Å². The molecule has 3 N–H and O–H groups in total. The smallest absolute Gasteiger partial charge is 0.332 e. The highest BCUT2D eigenvalue weighted by Crippen LogP contribution is 2.21. The average Bonchev–Trinajstić information content (AvgIpc) is 2.86. The normalized spacial score (nSPS) is 11.6. The molecular weight excluding hydrogens is 284 g/mol. The van der Waals surface area contributed by atoms with Gasteiger partial charge < -0.3 is 10.3 Å². The lowest BCUT2D eigenvalue weighted by molar-refractivity contribution is 0.249. The predicted molar refractivity (Wildman–Crippen MR) is 85.7 cm³/mol. The number of carbonyl (C=O) groups excluding carboxylic acids is 1. The molecule has 2 amide bonds. The second kappa shape index (κ2) is 7.08. The molecule has 0 aliphatic heterocycles. The first-order valence-corrected chi connectivity index (χ1v) is 7.84. The van der Waals surface area contributed by atoms with Crippen LogP contribution in [-0.2, 0) is 6.54 Å². The molecule has 112 valence electrons. The maximum Gasteiger partial charge on any atom is 0.332 e. The minimum absolute atomic E-state index is 0.651. The number of thiazole rings is 1. The van der Waals surface area contributed by atoms with Crippen molar-refractivity contribution in [3.63, 3.8) is 0 Å². The molecule has 0 aliphatic rings. The van der Waals surface area contributed by atoms with Crippen molar-refractivity contribution in [2.75, 3.05) is 0 Å². The van der Waals surface area contributed by atoms with Gasteiger partial charge in [0, 0.05) is 11.9 Å². The van der Waals surface area contributed by atoms with Gasteiger partial charge >= 0.3 is 6.03 Å². The number of amides is 2. The first-order valence-electron chi connectivity index (χ1n) is 6.96. The SMILES string of the molecule is CCCCn1c(-c2ccc(C)cc2)cs/c1=N\NC(N)=O. The molecule has 6 heteroatoms. The minimum atomic E-state index is -0.651. The van der Waals surface area contributed by atoms with Gasteiger partial charge in [0.05, 0.1) is 5.69 Å². The highest BCUT2D eigenvalue weighted by molar-refractivity contribution is 7.07. The van der Waals surface area contributed by atoms with Crippen molar-refractivity contribution >= 4 is 17.4 Å². The number of hydrogen-bond acceptors (Lipinski definition) is 3. The lowest BCUT2D eigenvalue weighted by Crippen LogP contribution is -2.28. The zero-order chi connectivity index (χ0) is 15.2. The number of hydrogen-bond donors (Lipinski definition) is 2. The van der Waals surface area contributed by atoms with Gasteiger partial charge in [-0.1, -0.05) is 43.2 Å². The molecule has 1 heterocycles. The van der Waals surface area contributed by atoms with Crippen LogP contribution in [0, 0.1) is 6.92 Å². The lowest BCUT2D eigenvalue weighted by Gasteiger charge is -2.08. The second-order valence-electron chi connectivity index (χ2n) is 4.86. The number of benzene rings is 1. The number of nitrogens with one attached hydrogen (secondary N) is 1. The molecule has 2 aromatic rings. The van der Waals surface area contributed by atoms with E-state index in [1.807, 2.05) is 0 Å². The van der Waals surface area contributed by atoms with Gasteiger partial charge in [-0.25, -0.2) is 10.2 Å². The topological polar surface area (TPSA) is 72.4 Å². The first-order chi connectivity index (χ1) is 10.1. The van der Waals surface area contributed by atoms with E-state index in [9.17, 15) is 4.79 Å². The number of rotatable bonds is 5. The van der Waals surface area contributed by atoms with Crippen LogP contribution in [0.2, 0.25) is 0 Å². The van der Waals surface area contributed by atoms with Crippen molar-refractivity contribution in [1.29, 1.82) is 0 Å². The summed E-state index contributed by atoms with van der Waals surface area (Å²) in [5, 5.41) is 6.14. The molecule has 2 rings (SSSR count). The summed E-state index contributed by atoms with van der Waals surface area (Å²) in [6, 6.07) is 7.74. The fraction of sp³-hybridized carbons (Fsp3) is 0.333. The summed E-state index contributed by atoms with van der Waals surface area (Å²) < 4.78 is 2.12. The Morgan fingerprint density at radius 3 is 2.71 bits per heavy atom. The molecule has 0 radical (unpaired) electrons. The van der Waals surface area contributed by atoms with Crippen LogP contribution in [0.15, 0.2) is 34.7 Å². The van der Waals surface area contributed by atoms with Gasteiger partial charge in [0.25, 0.3) is 0 Å². The van der Waals surface area contributed by atoms with Crippen LogP contribution in [0.25, 0.3) is 11.3 Å². The third-order valence-electron chi connectivity index (χ3n) is 3.14. The van der Waals surface area contributed by atoms with Crippen LogP contribution >= 0.6 is 11.3 Å². The van der Waals surface area contributed by atoms with Crippen molar-refractivity contribution in [3.8, 4) is 11.3 Å². The Kier molecular flexibility index (Phi) is 5.16. The van der Waals surface area contributed by atoms with Crippen molar-refractivity contribution in [2.24, 2.45) is 10.8 Å². The largest absolute Gasteiger partial charge is 0.350 e. The highest BCUT2D eigenvalue weighted by Gasteiger charge is 2.07. The van der Waals surface area contributed by atoms with Gasteiger partial charge in [-0.3, -0.25) is 0 Å². The average molecular weight is 304 g/mol. The van der Waals surface area contributed by atoms with Gasteiger partial charge in [0.15, 0.2) is 0 Å². The maximum absolute atomic E-state index is 10.8. The summed E-state index contributed by atoms with van der Waals surface area (Å²) in [5.41, 5.74) is 10.9. The van der Waals surface area contributed by atoms with Crippen molar-refractivity contribution in [3.05, 3.63) is 40.0 Å². The van der Waals surface area contributed by atoms with Crippen LogP contribution in [0.4, 0.5) is 4.79 Å². The van der Waals surface area contributed by atoms with Gasteiger partial charge in [0.2, 0.25) is 4.80 Å². The van der Waals surface area contributed by atoms with Crippen LogP contribution in [0.3, 0.4) is 0 Å². The van der Waals surface area contributed by atoms with Crippen LogP contribution in [-0.4, -0.2) is 10.6 Å². The monoisotopic (exact) mass is 304 g/mol. The molecule has 0 aliphatic carbocycles.